The van der Waals surface area contributed by atoms with Crippen molar-refractivity contribution in [2.24, 2.45) is 5.92 Å². The van der Waals surface area contributed by atoms with Crippen LogP contribution in [0.15, 0.2) is 84.9 Å². The maximum Gasteiger partial charge on any atom is 0.231 e. The van der Waals surface area contributed by atoms with Gasteiger partial charge < -0.3 is 14.8 Å². The molecule has 1 aliphatic carbocycles. The van der Waals surface area contributed by atoms with Crippen LogP contribution >= 0.6 is 0 Å². The molecule has 0 aliphatic heterocycles. The summed E-state index contributed by atoms with van der Waals surface area (Å²) in [6.45, 7) is 0.283. The molecule has 0 aromatic heterocycles. The van der Waals surface area contributed by atoms with Crippen LogP contribution in [0.4, 0.5) is 4.39 Å². The van der Waals surface area contributed by atoms with Gasteiger partial charge in [-0.05, 0) is 66.0 Å². The van der Waals surface area contributed by atoms with E-state index in [1.807, 2.05) is 78.9 Å². The fourth-order valence-corrected chi connectivity index (χ4v) is 4.51. The van der Waals surface area contributed by atoms with Gasteiger partial charge in [0.25, 0.3) is 0 Å². The topological polar surface area (TPSA) is 47.6 Å². The van der Waals surface area contributed by atoms with Crippen molar-refractivity contribution in [2.45, 2.75) is 44.2 Å². The lowest BCUT2D eigenvalue weighted by molar-refractivity contribution is -0.121. The van der Waals surface area contributed by atoms with Gasteiger partial charge in [-0.15, -0.1) is 0 Å². The van der Waals surface area contributed by atoms with Gasteiger partial charge in [0.2, 0.25) is 5.91 Å². The minimum atomic E-state index is -0.457. The summed E-state index contributed by atoms with van der Waals surface area (Å²) in [5, 5.41) is 3.15. The predicted octanol–water partition coefficient (Wildman–Crippen LogP) is 6.76. The van der Waals surface area contributed by atoms with Crippen LogP contribution < -0.4 is 14.8 Å². The smallest absolute Gasteiger partial charge is 0.231 e. The van der Waals surface area contributed by atoms with E-state index in [1.54, 1.807) is 14.2 Å². The second kappa shape index (κ2) is 13.1. The largest absolute Gasteiger partial charge is 0.493 e. The number of carbonyl (C=O) groups is 1. The van der Waals surface area contributed by atoms with Crippen LogP contribution in [-0.2, 0) is 17.9 Å². The Kier molecular flexibility index (Phi) is 9.36. The van der Waals surface area contributed by atoms with E-state index in [9.17, 15) is 9.18 Å². The molecule has 0 radical (unpaired) electrons. The first-order valence-corrected chi connectivity index (χ1v) is 13.0. The minimum Gasteiger partial charge on any atom is -0.493 e. The molecule has 0 heterocycles. The SMILES string of the molecule is COc1ccc(C(/C=C\[C@@H](C(=O)NCC2CC2)c2ccccc2)CCc2ccc(CF)cc2)cc1OC. The molecular formula is C32H36FNO3. The molecule has 1 aliphatic rings. The second-order valence-corrected chi connectivity index (χ2v) is 9.67. The number of rotatable bonds is 13. The van der Waals surface area contributed by atoms with E-state index in [0.717, 1.165) is 36.1 Å². The zero-order valence-corrected chi connectivity index (χ0v) is 21.7. The van der Waals surface area contributed by atoms with Crippen molar-refractivity contribution in [3.63, 3.8) is 0 Å². The van der Waals surface area contributed by atoms with Crippen LogP contribution in [0.2, 0.25) is 0 Å². The Morgan fingerprint density at radius 3 is 2.27 bits per heavy atom. The number of benzene rings is 3. The first kappa shape index (κ1) is 26.5. The molecule has 4 nitrogen and oxygen atoms in total. The molecule has 1 saturated carbocycles. The molecule has 4 rings (SSSR count). The molecule has 2 atom stereocenters. The molecule has 1 unspecified atom stereocenters. The van der Waals surface area contributed by atoms with Gasteiger partial charge >= 0.3 is 0 Å². The van der Waals surface area contributed by atoms with Crippen molar-refractivity contribution < 1.29 is 18.7 Å². The fourth-order valence-electron chi connectivity index (χ4n) is 4.51. The zero-order chi connectivity index (χ0) is 26.0. The van der Waals surface area contributed by atoms with Crippen molar-refractivity contribution in [2.75, 3.05) is 20.8 Å². The molecule has 1 fully saturated rings. The fraction of sp³-hybridized carbons (Fsp3) is 0.344. The van der Waals surface area contributed by atoms with E-state index in [4.69, 9.17) is 9.47 Å². The van der Waals surface area contributed by atoms with E-state index >= 15 is 0 Å². The average molecular weight is 502 g/mol. The van der Waals surface area contributed by atoms with Gasteiger partial charge in [0.05, 0.1) is 20.1 Å². The quantitative estimate of drug-likeness (QED) is 0.263. The summed E-state index contributed by atoms with van der Waals surface area (Å²) in [7, 11) is 3.26. The van der Waals surface area contributed by atoms with Crippen molar-refractivity contribution in [3.8, 4) is 11.5 Å². The Bertz CT molecular complexity index is 1170. The lowest BCUT2D eigenvalue weighted by Gasteiger charge is -2.18. The third-order valence-electron chi connectivity index (χ3n) is 7.00. The van der Waals surface area contributed by atoms with Gasteiger partial charge in [-0.2, -0.15) is 0 Å². The summed E-state index contributed by atoms with van der Waals surface area (Å²) in [6, 6.07) is 23.5. The van der Waals surface area contributed by atoms with E-state index in [0.29, 0.717) is 23.0 Å². The number of nitrogens with one attached hydrogen (secondary N) is 1. The maximum atomic E-state index is 13.2. The van der Waals surface area contributed by atoms with Crippen molar-refractivity contribution >= 4 is 5.91 Å². The third kappa shape index (κ3) is 7.45. The first-order chi connectivity index (χ1) is 18.1. The second-order valence-electron chi connectivity index (χ2n) is 9.67. The van der Waals surface area contributed by atoms with Gasteiger partial charge in [-0.3, -0.25) is 4.79 Å². The van der Waals surface area contributed by atoms with E-state index in [-0.39, 0.29) is 17.7 Å². The Morgan fingerprint density at radius 2 is 1.62 bits per heavy atom. The van der Waals surface area contributed by atoms with Crippen LogP contribution in [0, 0.1) is 5.92 Å². The van der Waals surface area contributed by atoms with Gasteiger partial charge in [-0.1, -0.05) is 72.8 Å². The van der Waals surface area contributed by atoms with Crippen molar-refractivity contribution in [3.05, 3.63) is 107 Å². The molecule has 5 heteroatoms. The summed E-state index contributed by atoms with van der Waals surface area (Å²) in [6.07, 6.45) is 8.21. The number of ether oxygens (including phenoxy) is 2. The highest BCUT2D eigenvalue weighted by atomic mass is 19.1. The monoisotopic (exact) mass is 501 g/mol. The number of hydrogen-bond donors (Lipinski definition) is 1. The number of aryl methyl sites for hydroxylation is 1. The third-order valence-corrected chi connectivity index (χ3v) is 7.00. The highest BCUT2D eigenvalue weighted by molar-refractivity contribution is 5.85. The molecule has 3 aromatic carbocycles. The Labute approximate surface area is 219 Å². The zero-order valence-electron chi connectivity index (χ0n) is 21.7. The predicted molar refractivity (Wildman–Crippen MR) is 146 cm³/mol. The lowest BCUT2D eigenvalue weighted by atomic mass is 9.89. The van der Waals surface area contributed by atoms with Crippen LogP contribution in [0.3, 0.4) is 0 Å². The molecule has 0 bridgehead atoms. The van der Waals surface area contributed by atoms with Crippen LogP contribution in [0.5, 0.6) is 11.5 Å². The number of alkyl halides is 1. The molecule has 3 aromatic rings. The number of methoxy groups -OCH3 is 2. The van der Waals surface area contributed by atoms with Gasteiger partial charge in [0.1, 0.15) is 6.67 Å². The number of hydrogen-bond acceptors (Lipinski definition) is 3. The molecule has 1 N–H and O–H groups in total. The summed E-state index contributed by atoms with van der Waals surface area (Å²) in [5.41, 5.74) is 3.89. The van der Waals surface area contributed by atoms with E-state index in [1.165, 1.54) is 12.8 Å². The van der Waals surface area contributed by atoms with Crippen molar-refractivity contribution in [1.29, 1.82) is 0 Å². The Morgan fingerprint density at radius 1 is 0.919 bits per heavy atom. The minimum absolute atomic E-state index is 0.0298. The number of amides is 1. The molecular weight excluding hydrogens is 465 g/mol. The van der Waals surface area contributed by atoms with Gasteiger partial charge in [0.15, 0.2) is 11.5 Å². The van der Waals surface area contributed by atoms with Gasteiger partial charge in [-0.25, -0.2) is 4.39 Å². The van der Waals surface area contributed by atoms with Crippen LogP contribution in [0.25, 0.3) is 0 Å². The number of halogens is 1. The van der Waals surface area contributed by atoms with E-state index in [2.05, 4.69) is 11.4 Å². The average Bonchev–Trinajstić information content (AvgIpc) is 3.79. The Balaban J connectivity index is 1.60. The van der Waals surface area contributed by atoms with Crippen LogP contribution in [-0.4, -0.2) is 26.7 Å². The van der Waals surface area contributed by atoms with Gasteiger partial charge in [0, 0.05) is 12.5 Å². The summed E-state index contributed by atoms with van der Waals surface area (Å²) < 4.78 is 23.9. The maximum absolute atomic E-state index is 13.2. The standard InChI is InChI=1S/C32H36FNO3/c1-36-30-19-17-28(20-31(30)37-2)26(15-14-23-8-10-24(21-33)11-9-23)16-18-29(27-6-4-3-5-7-27)32(35)34-22-25-12-13-25/h3-11,16-20,25-26,29H,12-15,21-22H2,1-2H3,(H,34,35)/b18-16-/t26?,29-/m1/s1. The molecule has 194 valence electrons. The summed E-state index contributed by atoms with van der Waals surface area (Å²) >= 11 is 0. The van der Waals surface area contributed by atoms with Crippen LogP contribution in [0.1, 0.15) is 53.4 Å². The highest BCUT2D eigenvalue weighted by Crippen LogP contribution is 2.34. The first-order valence-electron chi connectivity index (χ1n) is 13.0. The molecule has 1 amide bonds. The number of carbonyl (C=O) groups excluding carboxylic acids is 1. The Hall–Kier alpha value is -3.60. The molecule has 0 spiro atoms. The number of allylic oxidation sites excluding steroid dienone is 1. The summed E-state index contributed by atoms with van der Waals surface area (Å²) in [4.78, 5) is 13.2. The molecule has 37 heavy (non-hydrogen) atoms. The lowest BCUT2D eigenvalue weighted by Crippen LogP contribution is -2.30. The van der Waals surface area contributed by atoms with E-state index < -0.39 is 6.67 Å². The van der Waals surface area contributed by atoms with Crippen molar-refractivity contribution in [1.82, 2.24) is 5.32 Å². The normalized spacial score (nSPS) is 14.8. The highest BCUT2D eigenvalue weighted by Gasteiger charge is 2.24. The summed E-state index contributed by atoms with van der Waals surface area (Å²) in [5.74, 6) is 1.68. The molecule has 0 saturated heterocycles.